The highest BCUT2D eigenvalue weighted by molar-refractivity contribution is 5.91. The molecule has 0 saturated carbocycles. The van der Waals surface area contributed by atoms with Crippen LogP contribution in [0.2, 0.25) is 0 Å². The van der Waals surface area contributed by atoms with Gasteiger partial charge in [0.25, 0.3) is 5.56 Å². The van der Waals surface area contributed by atoms with Crippen molar-refractivity contribution in [3.05, 3.63) is 99.6 Å². The summed E-state index contributed by atoms with van der Waals surface area (Å²) in [6.07, 6.45) is 3.40. The molecule has 7 nitrogen and oxygen atoms in total. The number of benzene rings is 3. The summed E-state index contributed by atoms with van der Waals surface area (Å²) in [6.45, 7) is 0. The van der Waals surface area contributed by atoms with Gasteiger partial charge in [-0.15, -0.1) is 0 Å². The highest BCUT2D eigenvalue weighted by atomic mass is 16.4. The van der Waals surface area contributed by atoms with E-state index >= 15 is 0 Å². The lowest BCUT2D eigenvalue weighted by Crippen LogP contribution is -2.22. The van der Waals surface area contributed by atoms with Crippen molar-refractivity contribution >= 4 is 29.0 Å². The van der Waals surface area contributed by atoms with Gasteiger partial charge in [-0.25, -0.2) is 9.78 Å². The van der Waals surface area contributed by atoms with E-state index in [0.29, 0.717) is 22.3 Å². The number of hydrogen-bond donors (Lipinski definition) is 2. The fraction of sp³-hybridized carbons (Fsp3) is 0. The molecule has 1 heterocycles. The Kier molecular flexibility index (Phi) is 5.04. The van der Waals surface area contributed by atoms with Crippen molar-refractivity contribution in [3.63, 3.8) is 0 Å². The number of hydrogen-bond acceptors (Lipinski definition) is 5. The van der Waals surface area contributed by atoms with Crippen LogP contribution < -0.4 is 5.56 Å². The van der Waals surface area contributed by atoms with Crippen LogP contribution in [-0.4, -0.2) is 25.7 Å². The number of carbonyl (C=O) groups is 1. The van der Waals surface area contributed by atoms with E-state index in [2.05, 4.69) is 11.1 Å². The van der Waals surface area contributed by atoms with Gasteiger partial charge in [-0.3, -0.25) is 9.36 Å². The number of para-hydroxylation sites is 1. The first-order valence-corrected chi connectivity index (χ1v) is 9.24. The van der Waals surface area contributed by atoms with E-state index < -0.39 is 11.7 Å². The van der Waals surface area contributed by atoms with E-state index in [1.807, 2.05) is 0 Å². The molecule has 3 aromatic carbocycles. The third-order valence-electron chi connectivity index (χ3n) is 4.74. The predicted octanol–water partition coefficient (Wildman–Crippen LogP) is 3.83. The Morgan fingerprint density at radius 2 is 1.77 bits per heavy atom. The SMILES string of the molecule is N#Cc1ccc(/C=C/c2nc3ccccc3c(=O)n2-c2ccc(C(=O)O)c(O)c2)cc1. The Balaban J connectivity index is 1.90. The summed E-state index contributed by atoms with van der Waals surface area (Å²) in [5.74, 6) is -1.42. The van der Waals surface area contributed by atoms with Crippen LogP contribution in [0.5, 0.6) is 5.75 Å². The molecule has 0 fully saturated rings. The number of aromatic carboxylic acids is 1. The number of nitrogens with zero attached hydrogens (tertiary/aromatic N) is 3. The third kappa shape index (κ3) is 3.78. The lowest BCUT2D eigenvalue weighted by Gasteiger charge is -2.12. The lowest BCUT2D eigenvalue weighted by molar-refractivity contribution is 0.0693. The number of fused-ring (bicyclic) bond motifs is 1. The van der Waals surface area contributed by atoms with E-state index in [-0.39, 0.29) is 16.8 Å². The van der Waals surface area contributed by atoms with Crippen LogP contribution in [0.3, 0.4) is 0 Å². The topological polar surface area (TPSA) is 116 Å². The molecule has 7 heteroatoms. The summed E-state index contributed by atoms with van der Waals surface area (Å²) < 4.78 is 1.31. The molecule has 2 N–H and O–H groups in total. The van der Waals surface area contributed by atoms with Crippen LogP contribution in [0.25, 0.3) is 28.7 Å². The van der Waals surface area contributed by atoms with Crippen molar-refractivity contribution in [1.29, 1.82) is 5.26 Å². The van der Waals surface area contributed by atoms with E-state index in [9.17, 15) is 14.7 Å². The summed E-state index contributed by atoms with van der Waals surface area (Å²) in [7, 11) is 0. The second-order valence-electron chi connectivity index (χ2n) is 6.70. The van der Waals surface area contributed by atoms with E-state index in [0.717, 1.165) is 5.56 Å². The van der Waals surface area contributed by atoms with Gasteiger partial charge in [0, 0.05) is 6.07 Å². The Labute approximate surface area is 176 Å². The molecule has 4 aromatic rings. The van der Waals surface area contributed by atoms with E-state index in [4.69, 9.17) is 10.4 Å². The molecule has 0 aliphatic rings. The zero-order valence-electron chi connectivity index (χ0n) is 16.1. The predicted molar refractivity (Wildman–Crippen MR) is 116 cm³/mol. The normalized spacial score (nSPS) is 10.9. The van der Waals surface area contributed by atoms with Gasteiger partial charge in [-0.2, -0.15) is 5.26 Å². The Morgan fingerprint density at radius 3 is 2.45 bits per heavy atom. The average Bonchev–Trinajstić information content (AvgIpc) is 2.78. The van der Waals surface area contributed by atoms with Crippen molar-refractivity contribution < 1.29 is 15.0 Å². The van der Waals surface area contributed by atoms with Gasteiger partial charge < -0.3 is 10.2 Å². The van der Waals surface area contributed by atoms with E-state index in [1.54, 1.807) is 60.7 Å². The molecule has 0 amide bonds. The van der Waals surface area contributed by atoms with Crippen LogP contribution in [-0.2, 0) is 0 Å². The Bertz CT molecular complexity index is 1440. The van der Waals surface area contributed by atoms with Gasteiger partial charge in [0.1, 0.15) is 17.1 Å². The fourth-order valence-corrected chi connectivity index (χ4v) is 3.19. The molecule has 31 heavy (non-hydrogen) atoms. The Hall–Kier alpha value is -4.70. The molecule has 0 spiro atoms. The molecule has 1 aromatic heterocycles. The summed E-state index contributed by atoms with van der Waals surface area (Å²) >= 11 is 0. The van der Waals surface area contributed by atoms with Crippen LogP contribution in [0.15, 0.2) is 71.5 Å². The zero-order chi connectivity index (χ0) is 22.0. The highest BCUT2D eigenvalue weighted by Gasteiger charge is 2.15. The van der Waals surface area contributed by atoms with Gasteiger partial charge in [0.05, 0.1) is 28.2 Å². The summed E-state index contributed by atoms with van der Waals surface area (Å²) in [4.78, 5) is 29.0. The molecule has 4 rings (SSSR count). The number of phenols is 1. The minimum atomic E-state index is -1.27. The van der Waals surface area contributed by atoms with Crippen LogP contribution >= 0.6 is 0 Å². The number of rotatable bonds is 4. The first-order chi connectivity index (χ1) is 15.0. The molecule has 150 valence electrons. The number of carboxylic acid groups (broad SMARTS) is 1. The summed E-state index contributed by atoms with van der Waals surface area (Å²) in [6, 6.07) is 19.8. The van der Waals surface area contributed by atoms with Crippen LogP contribution in [0.4, 0.5) is 0 Å². The number of aromatic hydroxyl groups is 1. The molecule has 0 saturated heterocycles. The van der Waals surface area contributed by atoms with Gasteiger partial charge in [-0.05, 0) is 48.0 Å². The van der Waals surface area contributed by atoms with Crippen molar-refractivity contribution in [2.45, 2.75) is 0 Å². The lowest BCUT2D eigenvalue weighted by atomic mass is 10.1. The van der Waals surface area contributed by atoms with Gasteiger partial charge in [0.2, 0.25) is 0 Å². The molecular formula is C24H15N3O4. The molecule has 0 unspecified atom stereocenters. The maximum absolute atomic E-state index is 13.2. The van der Waals surface area contributed by atoms with Crippen LogP contribution in [0, 0.1) is 11.3 Å². The number of nitriles is 1. The minimum absolute atomic E-state index is 0.264. The average molecular weight is 409 g/mol. The van der Waals surface area contributed by atoms with Crippen LogP contribution in [0.1, 0.15) is 27.3 Å². The molecule has 0 aliphatic carbocycles. The number of aromatic nitrogens is 2. The molecule has 0 radical (unpaired) electrons. The van der Waals surface area contributed by atoms with Gasteiger partial charge in [-0.1, -0.05) is 30.3 Å². The van der Waals surface area contributed by atoms with Crippen molar-refractivity contribution in [2.75, 3.05) is 0 Å². The van der Waals surface area contributed by atoms with Gasteiger partial charge >= 0.3 is 5.97 Å². The monoisotopic (exact) mass is 409 g/mol. The Morgan fingerprint density at radius 1 is 1.03 bits per heavy atom. The molecule has 0 bridgehead atoms. The molecule has 0 aliphatic heterocycles. The van der Waals surface area contributed by atoms with Crippen molar-refractivity contribution in [1.82, 2.24) is 9.55 Å². The second-order valence-corrected chi connectivity index (χ2v) is 6.70. The summed E-state index contributed by atoms with van der Waals surface area (Å²) in [5.41, 5.74) is 1.51. The standard InChI is InChI=1S/C24H15N3O4/c25-14-16-7-5-15(6-8-16)9-12-22-26-20-4-2-1-3-18(20)23(29)27(22)17-10-11-19(24(30)31)21(28)13-17/h1-13,28H,(H,30,31)/b12-9+. The third-order valence-corrected chi connectivity index (χ3v) is 4.74. The zero-order valence-corrected chi connectivity index (χ0v) is 16.1. The first kappa shape index (κ1) is 19.6. The first-order valence-electron chi connectivity index (χ1n) is 9.24. The number of carboxylic acids is 1. The molecule has 0 atom stereocenters. The fourth-order valence-electron chi connectivity index (χ4n) is 3.19. The van der Waals surface area contributed by atoms with Gasteiger partial charge in [0.15, 0.2) is 0 Å². The highest BCUT2D eigenvalue weighted by Crippen LogP contribution is 2.23. The maximum Gasteiger partial charge on any atom is 0.339 e. The summed E-state index contributed by atoms with van der Waals surface area (Å²) in [5, 5.41) is 28.6. The second kappa shape index (κ2) is 7.97. The van der Waals surface area contributed by atoms with Crippen molar-refractivity contribution in [2.24, 2.45) is 0 Å². The quantitative estimate of drug-likeness (QED) is 0.529. The van der Waals surface area contributed by atoms with Crippen molar-refractivity contribution in [3.8, 4) is 17.5 Å². The minimum Gasteiger partial charge on any atom is -0.507 e. The van der Waals surface area contributed by atoms with E-state index in [1.165, 1.54) is 22.8 Å². The smallest absolute Gasteiger partial charge is 0.339 e. The largest absolute Gasteiger partial charge is 0.507 e. The maximum atomic E-state index is 13.2. The molecular weight excluding hydrogens is 394 g/mol.